The standard InChI is InChI=1S/C20H33N7O2S/c1-15-13-16(2)24-19(23-15)25-18(21-6-4-7-27-8-11-28-12-9-27)26-20(30)22-14-17-5-3-10-29-17/h13,17H,3-12,14H2,1-2H3,(H3,21,22,23,24,25,26,30). The lowest BCUT2D eigenvalue weighted by atomic mass is 10.2. The Hall–Kier alpha value is -1.88. The van der Waals surface area contributed by atoms with E-state index in [1.165, 1.54) is 0 Å². The molecule has 1 atom stereocenters. The first-order chi connectivity index (χ1) is 14.6. The molecule has 30 heavy (non-hydrogen) atoms. The first kappa shape index (κ1) is 22.8. The van der Waals surface area contributed by atoms with E-state index in [2.05, 4.69) is 35.8 Å². The molecule has 1 unspecified atom stereocenters. The number of rotatable bonds is 7. The Labute approximate surface area is 184 Å². The number of aromatic nitrogens is 2. The number of ether oxygens (including phenoxy) is 2. The van der Waals surface area contributed by atoms with Gasteiger partial charge in [0, 0.05) is 50.7 Å². The van der Waals surface area contributed by atoms with Crippen LogP contribution in [-0.4, -0.2) is 84.6 Å². The van der Waals surface area contributed by atoms with E-state index < -0.39 is 0 Å². The van der Waals surface area contributed by atoms with E-state index in [9.17, 15) is 0 Å². The van der Waals surface area contributed by atoms with Gasteiger partial charge in [0.1, 0.15) is 0 Å². The van der Waals surface area contributed by atoms with Crippen LogP contribution in [0.2, 0.25) is 0 Å². The summed E-state index contributed by atoms with van der Waals surface area (Å²) in [5.41, 5.74) is 1.80. The summed E-state index contributed by atoms with van der Waals surface area (Å²) >= 11 is 5.45. The van der Waals surface area contributed by atoms with Crippen LogP contribution in [0.1, 0.15) is 30.7 Å². The molecule has 0 radical (unpaired) electrons. The van der Waals surface area contributed by atoms with Crippen LogP contribution in [0.15, 0.2) is 11.1 Å². The molecule has 3 rings (SSSR count). The van der Waals surface area contributed by atoms with Crippen molar-refractivity contribution >= 4 is 29.2 Å². The molecule has 2 aliphatic heterocycles. The predicted molar refractivity (Wildman–Crippen MR) is 122 cm³/mol. The van der Waals surface area contributed by atoms with Crippen LogP contribution in [0.3, 0.4) is 0 Å². The number of thiocarbonyl (C=S) groups is 1. The zero-order chi connectivity index (χ0) is 21.2. The third kappa shape index (κ3) is 8.10. The van der Waals surface area contributed by atoms with Crippen molar-refractivity contribution in [1.82, 2.24) is 25.5 Å². The topological polar surface area (TPSA) is 95.9 Å². The molecule has 166 valence electrons. The second kappa shape index (κ2) is 12.1. The zero-order valence-corrected chi connectivity index (χ0v) is 18.8. The van der Waals surface area contributed by atoms with Gasteiger partial charge in [-0.25, -0.2) is 9.97 Å². The molecule has 0 aliphatic carbocycles. The van der Waals surface area contributed by atoms with Gasteiger partial charge in [0.2, 0.25) is 11.9 Å². The molecule has 0 amide bonds. The van der Waals surface area contributed by atoms with Crippen LogP contribution in [0.5, 0.6) is 0 Å². The van der Waals surface area contributed by atoms with Gasteiger partial charge in [-0.05, 0) is 51.4 Å². The largest absolute Gasteiger partial charge is 0.379 e. The number of guanidine groups is 1. The highest BCUT2D eigenvalue weighted by atomic mass is 32.1. The number of hydrogen-bond donors (Lipinski definition) is 3. The van der Waals surface area contributed by atoms with Gasteiger partial charge in [-0.1, -0.05) is 0 Å². The fraction of sp³-hybridized carbons (Fsp3) is 0.700. The summed E-state index contributed by atoms with van der Waals surface area (Å²) in [7, 11) is 0. The summed E-state index contributed by atoms with van der Waals surface area (Å²) in [4.78, 5) is 16.0. The van der Waals surface area contributed by atoms with E-state index in [1.807, 2.05) is 19.9 Å². The molecule has 0 bridgehead atoms. The minimum atomic E-state index is 0.217. The molecule has 0 aromatic carbocycles. The molecule has 2 saturated heterocycles. The van der Waals surface area contributed by atoms with Crippen LogP contribution in [0.4, 0.5) is 5.95 Å². The van der Waals surface area contributed by atoms with Gasteiger partial charge in [0.05, 0.1) is 19.3 Å². The Bertz CT molecular complexity index is 699. The molecule has 0 spiro atoms. The average molecular weight is 436 g/mol. The van der Waals surface area contributed by atoms with Crippen molar-refractivity contribution in [3.05, 3.63) is 17.5 Å². The van der Waals surface area contributed by atoms with Crippen LogP contribution < -0.4 is 16.0 Å². The summed E-state index contributed by atoms with van der Waals surface area (Å²) in [6.45, 7) is 10.7. The molecule has 2 aliphatic rings. The van der Waals surface area contributed by atoms with E-state index in [0.717, 1.165) is 70.1 Å². The Balaban J connectivity index is 1.54. The summed E-state index contributed by atoms with van der Waals surface area (Å²) in [5, 5.41) is 10.1. The quantitative estimate of drug-likeness (QED) is 0.253. The van der Waals surface area contributed by atoms with Crippen molar-refractivity contribution < 1.29 is 9.47 Å². The monoisotopic (exact) mass is 435 g/mol. The minimum Gasteiger partial charge on any atom is -0.379 e. The maximum atomic E-state index is 5.64. The van der Waals surface area contributed by atoms with Gasteiger partial charge in [-0.2, -0.15) is 0 Å². The maximum Gasteiger partial charge on any atom is 0.229 e. The molecular formula is C20H33N7O2S. The number of nitrogens with zero attached hydrogens (tertiary/aromatic N) is 4. The predicted octanol–water partition coefficient (Wildman–Crippen LogP) is 1.23. The SMILES string of the molecule is Cc1cc(C)nc(NC(=NCCCN2CCOCC2)NC(=S)NCC2CCCO2)n1. The highest BCUT2D eigenvalue weighted by Crippen LogP contribution is 2.10. The lowest BCUT2D eigenvalue weighted by Gasteiger charge is -2.26. The molecule has 9 nitrogen and oxygen atoms in total. The fourth-order valence-electron chi connectivity index (χ4n) is 3.47. The molecule has 1 aromatic rings. The van der Waals surface area contributed by atoms with Gasteiger partial charge in [-0.15, -0.1) is 0 Å². The Morgan fingerprint density at radius 3 is 2.70 bits per heavy atom. The molecule has 3 heterocycles. The lowest BCUT2D eigenvalue weighted by Crippen LogP contribution is -2.45. The summed E-state index contributed by atoms with van der Waals surface area (Å²) in [6.07, 6.45) is 3.34. The zero-order valence-electron chi connectivity index (χ0n) is 17.9. The summed E-state index contributed by atoms with van der Waals surface area (Å²) in [5.74, 6) is 1.06. The first-order valence-electron chi connectivity index (χ1n) is 10.7. The third-order valence-corrected chi connectivity index (χ3v) is 5.21. The van der Waals surface area contributed by atoms with Gasteiger partial charge in [0.25, 0.3) is 0 Å². The van der Waals surface area contributed by atoms with Crippen molar-refractivity contribution in [2.75, 3.05) is 57.9 Å². The van der Waals surface area contributed by atoms with Gasteiger partial charge in [-0.3, -0.25) is 15.2 Å². The van der Waals surface area contributed by atoms with Gasteiger partial charge < -0.3 is 20.1 Å². The van der Waals surface area contributed by atoms with Crippen molar-refractivity contribution in [3.8, 4) is 0 Å². The number of nitrogens with one attached hydrogen (secondary N) is 3. The van der Waals surface area contributed by atoms with Gasteiger partial charge >= 0.3 is 0 Å². The van der Waals surface area contributed by atoms with Crippen LogP contribution in [0, 0.1) is 13.8 Å². The number of anilines is 1. The highest BCUT2D eigenvalue weighted by molar-refractivity contribution is 7.80. The molecule has 1 aromatic heterocycles. The number of aryl methyl sites for hydroxylation is 2. The molecule has 10 heteroatoms. The van der Waals surface area contributed by atoms with E-state index >= 15 is 0 Å². The normalized spacial score (nSPS) is 20.2. The molecular weight excluding hydrogens is 402 g/mol. The second-order valence-electron chi connectivity index (χ2n) is 7.61. The Kier molecular flexibility index (Phi) is 9.19. The number of hydrogen-bond acceptors (Lipinski definition) is 7. The van der Waals surface area contributed by atoms with Crippen molar-refractivity contribution in [2.24, 2.45) is 4.99 Å². The van der Waals surface area contributed by atoms with Gasteiger partial charge in [0.15, 0.2) is 5.11 Å². The van der Waals surface area contributed by atoms with Crippen LogP contribution >= 0.6 is 12.2 Å². The molecule has 0 saturated carbocycles. The molecule has 3 N–H and O–H groups in total. The lowest BCUT2D eigenvalue weighted by molar-refractivity contribution is 0.0377. The van der Waals surface area contributed by atoms with E-state index in [-0.39, 0.29) is 6.10 Å². The smallest absolute Gasteiger partial charge is 0.229 e. The van der Waals surface area contributed by atoms with Crippen molar-refractivity contribution in [3.63, 3.8) is 0 Å². The number of aliphatic imine (C=N–C) groups is 1. The third-order valence-electron chi connectivity index (χ3n) is 4.96. The Morgan fingerprint density at radius 1 is 1.23 bits per heavy atom. The molecule has 2 fully saturated rings. The Morgan fingerprint density at radius 2 is 2.00 bits per heavy atom. The van der Waals surface area contributed by atoms with Crippen LogP contribution in [0.25, 0.3) is 0 Å². The fourth-order valence-corrected chi connectivity index (χ4v) is 3.65. The average Bonchev–Trinajstić information content (AvgIpc) is 3.23. The highest BCUT2D eigenvalue weighted by Gasteiger charge is 2.16. The second-order valence-corrected chi connectivity index (χ2v) is 8.02. The van der Waals surface area contributed by atoms with Crippen molar-refractivity contribution in [1.29, 1.82) is 0 Å². The number of morpholine rings is 1. The van der Waals surface area contributed by atoms with E-state index in [0.29, 0.717) is 30.1 Å². The van der Waals surface area contributed by atoms with E-state index in [4.69, 9.17) is 21.7 Å². The van der Waals surface area contributed by atoms with Crippen LogP contribution in [-0.2, 0) is 9.47 Å². The first-order valence-corrected chi connectivity index (χ1v) is 11.1. The maximum absolute atomic E-state index is 5.64. The van der Waals surface area contributed by atoms with Crippen molar-refractivity contribution in [2.45, 2.75) is 39.2 Å². The summed E-state index contributed by atoms with van der Waals surface area (Å²) in [6, 6.07) is 1.94. The minimum absolute atomic E-state index is 0.217. The summed E-state index contributed by atoms with van der Waals surface area (Å²) < 4.78 is 11.0. The van der Waals surface area contributed by atoms with E-state index in [1.54, 1.807) is 0 Å².